The molecular formula is C14H10ClFN2. The Morgan fingerprint density at radius 1 is 1.17 bits per heavy atom. The number of halogens is 2. The second kappa shape index (κ2) is 4.42. The number of nitrogens with zero attached hydrogens (tertiary/aromatic N) is 2. The van der Waals surface area contributed by atoms with Gasteiger partial charge in [-0.2, -0.15) is 0 Å². The van der Waals surface area contributed by atoms with Gasteiger partial charge in [-0.15, -0.1) is 11.6 Å². The highest BCUT2D eigenvalue weighted by Crippen LogP contribution is 2.20. The van der Waals surface area contributed by atoms with Crippen molar-refractivity contribution in [2.45, 2.75) is 5.88 Å². The largest absolute Gasteiger partial charge is 0.299 e. The number of hydrogen-bond donors (Lipinski definition) is 0. The van der Waals surface area contributed by atoms with Crippen molar-refractivity contribution in [1.29, 1.82) is 0 Å². The molecule has 0 aliphatic carbocycles. The van der Waals surface area contributed by atoms with E-state index in [0.717, 1.165) is 22.3 Å². The molecule has 90 valence electrons. The van der Waals surface area contributed by atoms with Gasteiger partial charge in [-0.3, -0.25) is 4.57 Å². The molecule has 0 atom stereocenters. The van der Waals surface area contributed by atoms with E-state index in [1.54, 1.807) is 6.33 Å². The molecule has 3 aromatic rings. The summed E-state index contributed by atoms with van der Waals surface area (Å²) in [5.74, 6) is -0.00173. The molecule has 1 aromatic heterocycles. The summed E-state index contributed by atoms with van der Waals surface area (Å²) in [5.41, 5.74) is 3.32. The Labute approximate surface area is 109 Å². The summed E-state index contributed by atoms with van der Waals surface area (Å²) in [7, 11) is 0. The monoisotopic (exact) mass is 260 g/mol. The number of fused-ring (bicyclic) bond motifs is 1. The first-order valence-corrected chi connectivity index (χ1v) is 6.09. The van der Waals surface area contributed by atoms with Gasteiger partial charge in [-0.1, -0.05) is 12.1 Å². The molecule has 0 unspecified atom stereocenters. The maximum Gasteiger partial charge on any atom is 0.125 e. The van der Waals surface area contributed by atoms with Crippen molar-refractivity contribution in [3.63, 3.8) is 0 Å². The van der Waals surface area contributed by atoms with E-state index in [4.69, 9.17) is 11.6 Å². The Morgan fingerprint density at radius 2 is 2.00 bits per heavy atom. The van der Waals surface area contributed by atoms with Gasteiger partial charge in [-0.25, -0.2) is 9.37 Å². The van der Waals surface area contributed by atoms with Crippen LogP contribution < -0.4 is 0 Å². The molecule has 18 heavy (non-hydrogen) atoms. The minimum absolute atomic E-state index is 0.289. The fraction of sp³-hybridized carbons (Fsp3) is 0.0714. The maximum atomic E-state index is 13.5. The topological polar surface area (TPSA) is 17.8 Å². The molecule has 0 N–H and O–H groups in total. The standard InChI is InChI=1S/C14H10ClFN2/c15-8-10-5-11(16)7-12(6-10)18-9-17-13-3-1-2-4-14(13)18/h1-7,9H,8H2. The molecular weight excluding hydrogens is 251 g/mol. The van der Waals surface area contributed by atoms with Crippen LogP contribution in [0.15, 0.2) is 48.8 Å². The summed E-state index contributed by atoms with van der Waals surface area (Å²) in [5, 5.41) is 0. The van der Waals surface area contributed by atoms with Crippen LogP contribution in [0.4, 0.5) is 4.39 Å². The molecule has 0 fully saturated rings. The highest BCUT2D eigenvalue weighted by Gasteiger charge is 2.06. The zero-order valence-electron chi connectivity index (χ0n) is 9.48. The van der Waals surface area contributed by atoms with Crippen LogP contribution in [-0.2, 0) is 5.88 Å². The molecule has 0 bridgehead atoms. The fourth-order valence-corrected chi connectivity index (χ4v) is 2.17. The van der Waals surface area contributed by atoms with Crippen LogP contribution in [0.1, 0.15) is 5.56 Å². The van der Waals surface area contributed by atoms with Gasteiger partial charge in [0, 0.05) is 5.88 Å². The number of benzene rings is 2. The lowest BCUT2D eigenvalue weighted by Crippen LogP contribution is -1.94. The quantitative estimate of drug-likeness (QED) is 0.639. The number of aromatic nitrogens is 2. The summed E-state index contributed by atoms with van der Waals surface area (Å²) in [6.45, 7) is 0. The van der Waals surface area contributed by atoms with Crippen molar-refractivity contribution >= 4 is 22.6 Å². The SMILES string of the molecule is Fc1cc(CCl)cc(-n2cnc3ccccc32)c1. The molecule has 0 aliphatic rings. The highest BCUT2D eigenvalue weighted by atomic mass is 35.5. The lowest BCUT2D eigenvalue weighted by molar-refractivity contribution is 0.625. The van der Waals surface area contributed by atoms with Gasteiger partial charge in [0.25, 0.3) is 0 Å². The first kappa shape index (κ1) is 11.2. The van der Waals surface area contributed by atoms with Gasteiger partial charge in [-0.05, 0) is 35.9 Å². The van der Waals surface area contributed by atoms with Crippen LogP contribution in [0, 0.1) is 5.82 Å². The molecule has 3 rings (SSSR count). The molecule has 0 spiro atoms. The molecule has 1 heterocycles. The molecule has 0 saturated carbocycles. The molecule has 2 aromatic carbocycles. The summed E-state index contributed by atoms with van der Waals surface area (Å²) >= 11 is 5.76. The van der Waals surface area contributed by atoms with Crippen molar-refractivity contribution in [3.8, 4) is 5.69 Å². The predicted octanol–water partition coefficient (Wildman–Crippen LogP) is 3.90. The van der Waals surface area contributed by atoms with Gasteiger partial charge in [0.2, 0.25) is 0 Å². The predicted molar refractivity (Wildman–Crippen MR) is 70.6 cm³/mol. The Bertz CT molecular complexity index is 706. The first-order valence-electron chi connectivity index (χ1n) is 5.56. The van der Waals surface area contributed by atoms with E-state index in [2.05, 4.69) is 4.98 Å². The second-order valence-corrected chi connectivity index (χ2v) is 4.32. The van der Waals surface area contributed by atoms with Crippen molar-refractivity contribution < 1.29 is 4.39 Å². The van der Waals surface area contributed by atoms with E-state index in [1.807, 2.05) is 34.9 Å². The minimum atomic E-state index is -0.291. The number of rotatable bonds is 2. The number of alkyl halides is 1. The summed E-state index contributed by atoms with van der Waals surface area (Å²) in [6.07, 6.45) is 1.69. The van der Waals surface area contributed by atoms with E-state index >= 15 is 0 Å². The summed E-state index contributed by atoms with van der Waals surface area (Å²) < 4.78 is 15.4. The first-order chi connectivity index (χ1) is 8.78. The maximum absolute atomic E-state index is 13.5. The Balaban J connectivity index is 2.22. The number of hydrogen-bond acceptors (Lipinski definition) is 1. The van der Waals surface area contributed by atoms with Crippen molar-refractivity contribution in [1.82, 2.24) is 9.55 Å². The lowest BCUT2D eigenvalue weighted by atomic mass is 10.2. The van der Waals surface area contributed by atoms with E-state index < -0.39 is 0 Å². The van der Waals surface area contributed by atoms with Gasteiger partial charge >= 0.3 is 0 Å². The lowest BCUT2D eigenvalue weighted by Gasteiger charge is -2.06. The molecule has 0 amide bonds. The van der Waals surface area contributed by atoms with Crippen LogP contribution in [0.25, 0.3) is 16.7 Å². The molecule has 0 aliphatic heterocycles. The van der Waals surface area contributed by atoms with Gasteiger partial charge in [0.05, 0.1) is 16.7 Å². The molecule has 4 heteroatoms. The van der Waals surface area contributed by atoms with Crippen LogP contribution in [-0.4, -0.2) is 9.55 Å². The van der Waals surface area contributed by atoms with Crippen molar-refractivity contribution in [2.24, 2.45) is 0 Å². The number of para-hydroxylation sites is 2. The Hall–Kier alpha value is -1.87. The van der Waals surface area contributed by atoms with Gasteiger partial charge in [0.1, 0.15) is 12.1 Å². The number of imidazole rings is 1. The summed E-state index contributed by atoms with van der Waals surface area (Å²) in [4.78, 5) is 4.29. The second-order valence-electron chi connectivity index (χ2n) is 4.05. The summed E-state index contributed by atoms with van der Waals surface area (Å²) in [6, 6.07) is 12.5. The van der Waals surface area contributed by atoms with E-state index in [-0.39, 0.29) is 11.7 Å². The van der Waals surface area contributed by atoms with Crippen LogP contribution >= 0.6 is 11.6 Å². The van der Waals surface area contributed by atoms with Crippen LogP contribution in [0.3, 0.4) is 0 Å². The smallest absolute Gasteiger partial charge is 0.125 e. The van der Waals surface area contributed by atoms with Crippen LogP contribution in [0.2, 0.25) is 0 Å². The third-order valence-electron chi connectivity index (χ3n) is 2.83. The third kappa shape index (κ3) is 1.87. The van der Waals surface area contributed by atoms with Gasteiger partial charge < -0.3 is 0 Å². The van der Waals surface area contributed by atoms with Gasteiger partial charge in [0.15, 0.2) is 0 Å². The van der Waals surface area contributed by atoms with E-state index in [9.17, 15) is 4.39 Å². The molecule has 0 radical (unpaired) electrons. The Morgan fingerprint density at radius 3 is 2.83 bits per heavy atom. The highest BCUT2D eigenvalue weighted by molar-refractivity contribution is 6.17. The normalized spacial score (nSPS) is 11.0. The third-order valence-corrected chi connectivity index (χ3v) is 3.14. The minimum Gasteiger partial charge on any atom is -0.299 e. The molecule has 2 nitrogen and oxygen atoms in total. The van der Waals surface area contributed by atoms with E-state index in [0.29, 0.717) is 0 Å². The average molecular weight is 261 g/mol. The van der Waals surface area contributed by atoms with E-state index in [1.165, 1.54) is 12.1 Å². The molecule has 0 saturated heterocycles. The Kier molecular flexibility index (Phi) is 2.76. The van der Waals surface area contributed by atoms with Crippen LogP contribution in [0.5, 0.6) is 0 Å². The van der Waals surface area contributed by atoms with Crippen molar-refractivity contribution in [3.05, 3.63) is 60.2 Å². The van der Waals surface area contributed by atoms with Crippen molar-refractivity contribution in [2.75, 3.05) is 0 Å². The average Bonchev–Trinajstić information content (AvgIpc) is 2.81. The fourth-order valence-electron chi connectivity index (χ4n) is 2.01. The zero-order chi connectivity index (χ0) is 12.5. The zero-order valence-corrected chi connectivity index (χ0v) is 10.2.